The second-order valence-electron chi connectivity index (χ2n) is 10.2. The number of thiophene rings is 1. The maximum Gasteiger partial charge on any atom is 0.411 e. The molecule has 1 aliphatic rings. The number of aliphatic carboxylic acids is 1. The molecule has 0 saturated carbocycles. The SMILES string of the molecule is CC(C)CC1(C(=O)OC(C)(C)C)CC(C(=O)O)C(c2cccs2)N1C(=O)OCc1ccccc1. The Morgan fingerprint density at radius 3 is 2.35 bits per heavy atom. The number of hydrogen-bond acceptors (Lipinski definition) is 6. The number of benzene rings is 1. The van der Waals surface area contributed by atoms with Crippen LogP contribution in [-0.4, -0.2) is 39.2 Å². The second kappa shape index (κ2) is 10.2. The van der Waals surface area contributed by atoms with Crippen LogP contribution in [0.4, 0.5) is 4.79 Å². The highest BCUT2D eigenvalue weighted by molar-refractivity contribution is 7.10. The molecule has 7 nitrogen and oxygen atoms in total. The lowest BCUT2D eigenvalue weighted by Crippen LogP contribution is -2.56. The van der Waals surface area contributed by atoms with Crippen LogP contribution in [0.5, 0.6) is 0 Å². The van der Waals surface area contributed by atoms with Crippen molar-refractivity contribution in [2.75, 3.05) is 0 Å². The fourth-order valence-corrected chi connectivity index (χ4v) is 5.48. The summed E-state index contributed by atoms with van der Waals surface area (Å²) in [6, 6.07) is 12.0. The summed E-state index contributed by atoms with van der Waals surface area (Å²) in [7, 11) is 0. The van der Waals surface area contributed by atoms with E-state index in [0.29, 0.717) is 4.88 Å². The third kappa shape index (κ3) is 5.60. The smallest absolute Gasteiger partial charge is 0.411 e. The first-order valence-corrected chi connectivity index (χ1v) is 12.3. The van der Waals surface area contributed by atoms with Gasteiger partial charge in [0.05, 0.1) is 12.0 Å². The Morgan fingerprint density at radius 1 is 1.15 bits per heavy atom. The van der Waals surface area contributed by atoms with Crippen LogP contribution in [0.3, 0.4) is 0 Å². The van der Waals surface area contributed by atoms with Crippen molar-refractivity contribution in [3.63, 3.8) is 0 Å². The highest BCUT2D eigenvalue weighted by Crippen LogP contribution is 2.51. The Labute approximate surface area is 204 Å². The number of esters is 1. The van der Waals surface area contributed by atoms with Gasteiger partial charge in [0.1, 0.15) is 17.7 Å². The van der Waals surface area contributed by atoms with Gasteiger partial charge in [-0.2, -0.15) is 0 Å². The Hall–Kier alpha value is -2.87. The third-order valence-electron chi connectivity index (χ3n) is 5.76. The Bertz CT molecular complexity index is 998. The van der Waals surface area contributed by atoms with E-state index in [1.807, 2.05) is 55.6 Å². The van der Waals surface area contributed by atoms with Crippen molar-refractivity contribution in [1.82, 2.24) is 4.90 Å². The largest absolute Gasteiger partial charge is 0.481 e. The fraction of sp³-hybridized carbons (Fsp3) is 0.500. The Kier molecular flexibility index (Phi) is 7.70. The molecule has 1 fully saturated rings. The van der Waals surface area contributed by atoms with E-state index in [2.05, 4.69) is 0 Å². The van der Waals surface area contributed by atoms with E-state index in [0.717, 1.165) is 5.56 Å². The number of likely N-dealkylation sites (tertiary alicyclic amines) is 1. The van der Waals surface area contributed by atoms with Crippen molar-refractivity contribution >= 4 is 29.4 Å². The van der Waals surface area contributed by atoms with Crippen LogP contribution in [0, 0.1) is 11.8 Å². The van der Waals surface area contributed by atoms with Crippen LogP contribution >= 0.6 is 11.3 Å². The van der Waals surface area contributed by atoms with Crippen molar-refractivity contribution in [2.24, 2.45) is 11.8 Å². The number of carbonyl (C=O) groups is 3. The average Bonchev–Trinajstić information content (AvgIpc) is 3.38. The topological polar surface area (TPSA) is 93.1 Å². The Morgan fingerprint density at radius 2 is 1.82 bits per heavy atom. The first-order chi connectivity index (χ1) is 15.9. The summed E-state index contributed by atoms with van der Waals surface area (Å²) in [4.78, 5) is 41.9. The van der Waals surface area contributed by atoms with Crippen molar-refractivity contribution < 1.29 is 29.0 Å². The molecule has 0 spiro atoms. The predicted octanol–water partition coefficient (Wildman–Crippen LogP) is 5.66. The monoisotopic (exact) mass is 487 g/mol. The summed E-state index contributed by atoms with van der Waals surface area (Å²) in [6.07, 6.45) is -0.510. The lowest BCUT2D eigenvalue weighted by molar-refractivity contribution is -0.169. The van der Waals surface area contributed by atoms with Crippen molar-refractivity contribution in [2.45, 2.75) is 71.2 Å². The molecule has 2 heterocycles. The minimum atomic E-state index is -1.47. The van der Waals surface area contributed by atoms with Gasteiger partial charge in [0.2, 0.25) is 0 Å². The zero-order valence-electron chi connectivity index (χ0n) is 20.3. The van der Waals surface area contributed by atoms with Gasteiger partial charge in [0, 0.05) is 4.88 Å². The van der Waals surface area contributed by atoms with E-state index >= 15 is 0 Å². The molecule has 0 radical (unpaired) electrons. The van der Waals surface area contributed by atoms with Crippen molar-refractivity contribution in [3.8, 4) is 0 Å². The molecule has 3 atom stereocenters. The zero-order valence-corrected chi connectivity index (χ0v) is 21.1. The zero-order chi connectivity index (χ0) is 25.1. The van der Waals surface area contributed by atoms with E-state index in [-0.39, 0.29) is 25.4 Å². The molecule has 1 amide bonds. The number of amides is 1. The van der Waals surface area contributed by atoms with Crippen molar-refractivity contribution in [3.05, 3.63) is 58.3 Å². The van der Waals surface area contributed by atoms with Crippen LogP contribution in [0.1, 0.15) is 63.9 Å². The highest BCUT2D eigenvalue weighted by Gasteiger charge is 2.62. The molecule has 0 bridgehead atoms. The van der Waals surface area contributed by atoms with Crippen LogP contribution in [-0.2, 0) is 25.7 Å². The first kappa shape index (κ1) is 25.7. The third-order valence-corrected chi connectivity index (χ3v) is 6.70. The molecule has 2 aromatic rings. The molecule has 34 heavy (non-hydrogen) atoms. The number of carboxylic acid groups (broad SMARTS) is 1. The lowest BCUT2D eigenvalue weighted by Gasteiger charge is -2.40. The van der Waals surface area contributed by atoms with Crippen LogP contribution < -0.4 is 0 Å². The second-order valence-corrected chi connectivity index (χ2v) is 11.1. The minimum Gasteiger partial charge on any atom is -0.481 e. The normalized spacial score (nSPS) is 22.6. The van der Waals surface area contributed by atoms with E-state index in [1.165, 1.54) is 16.2 Å². The van der Waals surface area contributed by atoms with Crippen LogP contribution in [0.2, 0.25) is 0 Å². The van der Waals surface area contributed by atoms with Gasteiger partial charge in [0.15, 0.2) is 0 Å². The fourth-order valence-electron chi connectivity index (χ4n) is 4.60. The predicted molar refractivity (Wildman–Crippen MR) is 129 cm³/mol. The molecule has 184 valence electrons. The van der Waals surface area contributed by atoms with Gasteiger partial charge in [-0.25, -0.2) is 9.59 Å². The number of carbonyl (C=O) groups excluding carboxylic acids is 2. The molecular formula is C26H33NO6S. The standard InChI is InChI=1S/C26H33NO6S/c1-17(2)14-26(23(30)33-25(3,4)5)15-19(22(28)29)21(20-12-9-13-34-20)27(26)24(31)32-16-18-10-7-6-8-11-18/h6-13,17,19,21H,14-16H2,1-5H3,(H,28,29). The van der Waals surface area contributed by atoms with E-state index in [4.69, 9.17) is 9.47 Å². The summed E-state index contributed by atoms with van der Waals surface area (Å²) in [6.45, 7) is 9.16. The maximum atomic E-state index is 13.7. The summed E-state index contributed by atoms with van der Waals surface area (Å²) in [5.41, 5.74) is -1.47. The molecule has 1 aromatic carbocycles. The quantitative estimate of drug-likeness (QED) is 0.507. The average molecular weight is 488 g/mol. The molecule has 3 rings (SSSR count). The number of carboxylic acids is 1. The summed E-state index contributed by atoms with van der Waals surface area (Å²) in [5.74, 6) is -2.65. The van der Waals surface area contributed by atoms with Gasteiger partial charge < -0.3 is 14.6 Å². The lowest BCUT2D eigenvalue weighted by atomic mass is 9.83. The van der Waals surface area contributed by atoms with E-state index in [1.54, 1.807) is 26.8 Å². The number of ether oxygens (including phenoxy) is 2. The Balaban J connectivity index is 2.10. The molecule has 1 aliphatic heterocycles. The van der Waals surface area contributed by atoms with Gasteiger partial charge in [-0.3, -0.25) is 9.69 Å². The number of hydrogen-bond donors (Lipinski definition) is 1. The van der Waals surface area contributed by atoms with Gasteiger partial charge in [-0.15, -0.1) is 11.3 Å². The molecule has 1 saturated heterocycles. The summed E-state index contributed by atoms with van der Waals surface area (Å²) < 4.78 is 11.5. The van der Waals surface area contributed by atoms with E-state index < -0.39 is 41.1 Å². The van der Waals surface area contributed by atoms with E-state index in [9.17, 15) is 19.5 Å². The van der Waals surface area contributed by atoms with Crippen molar-refractivity contribution in [1.29, 1.82) is 0 Å². The van der Waals surface area contributed by atoms with Crippen LogP contribution in [0.25, 0.3) is 0 Å². The van der Waals surface area contributed by atoms with Gasteiger partial charge in [-0.1, -0.05) is 50.2 Å². The van der Waals surface area contributed by atoms with Gasteiger partial charge in [0.25, 0.3) is 0 Å². The highest BCUT2D eigenvalue weighted by atomic mass is 32.1. The van der Waals surface area contributed by atoms with Gasteiger partial charge in [-0.05, 0) is 56.5 Å². The molecule has 8 heteroatoms. The summed E-state index contributed by atoms with van der Waals surface area (Å²) in [5, 5.41) is 12.0. The molecule has 0 aliphatic carbocycles. The minimum absolute atomic E-state index is 0.00604. The van der Waals surface area contributed by atoms with Gasteiger partial charge >= 0.3 is 18.0 Å². The molecule has 3 unspecified atom stereocenters. The van der Waals surface area contributed by atoms with Crippen LogP contribution in [0.15, 0.2) is 47.8 Å². The summed E-state index contributed by atoms with van der Waals surface area (Å²) >= 11 is 1.36. The molecular weight excluding hydrogens is 454 g/mol. The maximum absolute atomic E-state index is 13.7. The molecule has 1 aromatic heterocycles. The number of nitrogens with zero attached hydrogens (tertiary/aromatic N) is 1. The molecule has 1 N–H and O–H groups in total. The first-order valence-electron chi connectivity index (χ1n) is 11.4. The number of rotatable bonds is 7.